The van der Waals surface area contributed by atoms with Gasteiger partial charge in [-0.2, -0.15) is 0 Å². The highest BCUT2D eigenvalue weighted by Crippen LogP contribution is 2.28. The van der Waals surface area contributed by atoms with E-state index in [2.05, 4.69) is 0 Å². The summed E-state index contributed by atoms with van der Waals surface area (Å²) in [6, 6.07) is 3.47. The molecule has 0 saturated heterocycles. The van der Waals surface area contributed by atoms with Crippen molar-refractivity contribution < 1.29 is 19.4 Å². The van der Waals surface area contributed by atoms with Crippen molar-refractivity contribution in [1.82, 2.24) is 0 Å². The van der Waals surface area contributed by atoms with E-state index in [0.29, 0.717) is 11.3 Å². The number of carbonyl (C=O) groups is 2. The Morgan fingerprint density at radius 1 is 1.16 bits per heavy atom. The molecule has 0 saturated carbocycles. The second-order valence-electron chi connectivity index (χ2n) is 5.06. The van der Waals surface area contributed by atoms with E-state index in [-0.39, 0.29) is 5.92 Å². The highest BCUT2D eigenvalue weighted by molar-refractivity contribution is 6.10. The average Bonchev–Trinajstić information content (AvgIpc) is 2.30. The molecule has 0 heterocycles. The fourth-order valence-electron chi connectivity index (χ4n) is 2.02. The molecule has 1 atom stereocenters. The van der Waals surface area contributed by atoms with E-state index in [9.17, 15) is 14.7 Å². The number of methoxy groups -OCH3 is 1. The van der Waals surface area contributed by atoms with Crippen LogP contribution in [0.1, 0.15) is 35.3 Å². The second kappa shape index (κ2) is 5.87. The Labute approximate surface area is 113 Å². The van der Waals surface area contributed by atoms with Crippen LogP contribution in [0.3, 0.4) is 0 Å². The predicted octanol–water partition coefficient (Wildman–Crippen LogP) is 2.85. The quantitative estimate of drug-likeness (QED) is 0.656. The number of Topliss-reactive ketones (excluding diaryl/α,β-unsaturated/α-hetero) is 1. The molecule has 1 aromatic carbocycles. The predicted molar refractivity (Wildman–Crippen MR) is 72.8 cm³/mol. The van der Waals surface area contributed by atoms with Crippen molar-refractivity contribution in [2.45, 2.75) is 27.7 Å². The number of aryl methyl sites for hydroxylation is 2. The minimum atomic E-state index is -1.10. The largest absolute Gasteiger partial charge is 0.496 e. The monoisotopic (exact) mass is 264 g/mol. The molecule has 0 bridgehead atoms. The molecule has 104 valence electrons. The Kier molecular flexibility index (Phi) is 4.70. The van der Waals surface area contributed by atoms with Crippen molar-refractivity contribution in [3.05, 3.63) is 28.8 Å². The zero-order valence-electron chi connectivity index (χ0n) is 12.0. The summed E-state index contributed by atoms with van der Waals surface area (Å²) in [5.41, 5.74) is 2.29. The third kappa shape index (κ3) is 3.13. The van der Waals surface area contributed by atoms with Crippen LogP contribution in [0.5, 0.6) is 5.75 Å². The molecule has 0 aliphatic heterocycles. The summed E-state index contributed by atoms with van der Waals surface area (Å²) in [7, 11) is 1.48. The fourth-order valence-corrected chi connectivity index (χ4v) is 2.02. The van der Waals surface area contributed by atoms with Crippen molar-refractivity contribution in [3.63, 3.8) is 0 Å². The Hall–Kier alpha value is -1.84. The van der Waals surface area contributed by atoms with Gasteiger partial charge in [0.05, 0.1) is 12.7 Å². The SMILES string of the molecule is COc1cc(C)c(C)cc1C(=O)C(C(=O)O)C(C)C. The zero-order chi connectivity index (χ0) is 14.7. The maximum absolute atomic E-state index is 12.4. The van der Waals surface area contributed by atoms with E-state index in [1.165, 1.54) is 7.11 Å². The van der Waals surface area contributed by atoms with Crippen molar-refractivity contribution in [2.75, 3.05) is 7.11 Å². The van der Waals surface area contributed by atoms with Crippen LogP contribution in [0.4, 0.5) is 0 Å². The third-order valence-corrected chi connectivity index (χ3v) is 3.30. The van der Waals surface area contributed by atoms with E-state index in [0.717, 1.165) is 11.1 Å². The van der Waals surface area contributed by atoms with Gasteiger partial charge in [-0.1, -0.05) is 13.8 Å². The number of hydrogen-bond acceptors (Lipinski definition) is 3. The molecule has 0 amide bonds. The van der Waals surface area contributed by atoms with Crippen LogP contribution < -0.4 is 4.74 Å². The molecule has 19 heavy (non-hydrogen) atoms. The molecule has 0 fully saturated rings. The first-order chi connectivity index (χ1) is 8.79. The molecule has 0 aliphatic rings. The van der Waals surface area contributed by atoms with Crippen LogP contribution in [0, 0.1) is 25.7 Å². The van der Waals surface area contributed by atoms with Crippen LogP contribution >= 0.6 is 0 Å². The summed E-state index contributed by atoms with van der Waals surface area (Å²) < 4.78 is 5.20. The van der Waals surface area contributed by atoms with Crippen molar-refractivity contribution in [1.29, 1.82) is 0 Å². The van der Waals surface area contributed by atoms with Gasteiger partial charge in [0.25, 0.3) is 0 Å². The summed E-state index contributed by atoms with van der Waals surface area (Å²) in [5.74, 6) is -2.38. The number of carbonyl (C=O) groups excluding carboxylic acids is 1. The summed E-state index contributed by atoms with van der Waals surface area (Å²) in [5, 5.41) is 9.20. The maximum atomic E-state index is 12.4. The van der Waals surface area contributed by atoms with Gasteiger partial charge >= 0.3 is 5.97 Å². The summed E-state index contributed by atoms with van der Waals surface area (Å²) in [6.45, 7) is 7.26. The van der Waals surface area contributed by atoms with E-state index >= 15 is 0 Å². The number of carboxylic acid groups (broad SMARTS) is 1. The standard InChI is InChI=1S/C15H20O4/c1-8(2)13(15(17)18)14(16)11-6-9(3)10(4)7-12(11)19-5/h6-8,13H,1-5H3,(H,17,18). The third-order valence-electron chi connectivity index (χ3n) is 3.30. The molecule has 4 nitrogen and oxygen atoms in total. The van der Waals surface area contributed by atoms with Crippen LogP contribution in [0.15, 0.2) is 12.1 Å². The minimum absolute atomic E-state index is 0.267. The summed E-state index contributed by atoms with van der Waals surface area (Å²) >= 11 is 0. The van der Waals surface area contributed by atoms with Crippen LogP contribution in [0.2, 0.25) is 0 Å². The Balaban J connectivity index is 3.32. The van der Waals surface area contributed by atoms with Crippen LogP contribution in [0.25, 0.3) is 0 Å². The van der Waals surface area contributed by atoms with Gasteiger partial charge in [-0.3, -0.25) is 9.59 Å². The molecule has 0 aromatic heterocycles. The molecule has 1 N–H and O–H groups in total. The summed E-state index contributed by atoms with van der Waals surface area (Å²) in [6.07, 6.45) is 0. The first kappa shape index (κ1) is 15.2. The summed E-state index contributed by atoms with van der Waals surface area (Å²) in [4.78, 5) is 23.7. The van der Waals surface area contributed by atoms with Gasteiger partial charge in [0.2, 0.25) is 0 Å². The van der Waals surface area contributed by atoms with E-state index in [1.54, 1.807) is 26.0 Å². The number of benzene rings is 1. The van der Waals surface area contributed by atoms with Gasteiger partial charge in [0, 0.05) is 0 Å². The van der Waals surface area contributed by atoms with Crippen LogP contribution in [-0.4, -0.2) is 24.0 Å². The first-order valence-electron chi connectivity index (χ1n) is 6.21. The lowest BCUT2D eigenvalue weighted by Gasteiger charge is -2.17. The van der Waals surface area contributed by atoms with Gasteiger partial charge in [-0.15, -0.1) is 0 Å². The Bertz CT molecular complexity index is 503. The highest BCUT2D eigenvalue weighted by Gasteiger charge is 2.32. The lowest BCUT2D eigenvalue weighted by atomic mass is 9.86. The van der Waals surface area contributed by atoms with Crippen molar-refractivity contribution >= 4 is 11.8 Å². The van der Waals surface area contributed by atoms with Crippen LogP contribution in [-0.2, 0) is 4.79 Å². The molecule has 0 spiro atoms. The van der Waals surface area contributed by atoms with Gasteiger partial charge in [0.15, 0.2) is 5.78 Å². The molecule has 0 radical (unpaired) electrons. The molecular formula is C15H20O4. The number of hydrogen-bond donors (Lipinski definition) is 1. The molecular weight excluding hydrogens is 244 g/mol. The lowest BCUT2D eigenvalue weighted by Crippen LogP contribution is -2.29. The van der Waals surface area contributed by atoms with E-state index in [1.807, 2.05) is 13.8 Å². The number of rotatable bonds is 5. The molecule has 1 aromatic rings. The van der Waals surface area contributed by atoms with E-state index < -0.39 is 17.7 Å². The topological polar surface area (TPSA) is 63.6 Å². The van der Waals surface area contributed by atoms with E-state index in [4.69, 9.17) is 4.74 Å². The van der Waals surface area contributed by atoms with Gasteiger partial charge in [-0.05, 0) is 43.0 Å². The molecule has 1 unspecified atom stereocenters. The molecule has 4 heteroatoms. The molecule has 0 aliphatic carbocycles. The zero-order valence-corrected chi connectivity index (χ0v) is 12.0. The Morgan fingerprint density at radius 2 is 1.68 bits per heavy atom. The minimum Gasteiger partial charge on any atom is -0.496 e. The van der Waals surface area contributed by atoms with Crippen molar-refractivity contribution in [3.8, 4) is 5.75 Å². The number of ether oxygens (including phenoxy) is 1. The first-order valence-corrected chi connectivity index (χ1v) is 6.21. The highest BCUT2D eigenvalue weighted by atomic mass is 16.5. The molecule has 1 rings (SSSR count). The smallest absolute Gasteiger partial charge is 0.314 e. The van der Waals surface area contributed by atoms with Gasteiger partial charge in [0.1, 0.15) is 11.7 Å². The number of ketones is 1. The number of aliphatic carboxylic acids is 1. The van der Waals surface area contributed by atoms with Crippen molar-refractivity contribution in [2.24, 2.45) is 11.8 Å². The Morgan fingerprint density at radius 3 is 2.11 bits per heavy atom. The average molecular weight is 264 g/mol. The van der Waals surface area contributed by atoms with Gasteiger partial charge in [-0.25, -0.2) is 0 Å². The fraction of sp³-hybridized carbons (Fsp3) is 0.467. The number of carboxylic acids is 1. The van der Waals surface area contributed by atoms with Gasteiger partial charge < -0.3 is 9.84 Å². The normalized spacial score (nSPS) is 12.3. The lowest BCUT2D eigenvalue weighted by molar-refractivity contribution is -0.141. The maximum Gasteiger partial charge on any atom is 0.314 e. The second-order valence-corrected chi connectivity index (χ2v) is 5.06.